The number of hydrogen-bond acceptors (Lipinski definition) is 10. The molecule has 1 atom stereocenters. The number of pyridine rings is 1. The largest absolute Gasteiger partial charge is 0.417 e. The van der Waals surface area contributed by atoms with Gasteiger partial charge in [-0.3, -0.25) is 4.79 Å². The molecule has 2 aromatic heterocycles. The first-order valence-electron chi connectivity index (χ1n) is 12.1. The molecule has 1 unspecified atom stereocenters. The number of ether oxygens (including phenoxy) is 3. The maximum absolute atomic E-state index is 13.9. The van der Waals surface area contributed by atoms with Gasteiger partial charge in [0, 0.05) is 50.6 Å². The van der Waals surface area contributed by atoms with Gasteiger partial charge in [-0.25, -0.2) is 9.97 Å². The molecule has 11 nitrogen and oxygen atoms in total. The minimum absolute atomic E-state index is 0.0638. The van der Waals surface area contributed by atoms with E-state index in [2.05, 4.69) is 15.0 Å². The Morgan fingerprint density at radius 1 is 0.946 bits per heavy atom. The predicted octanol–water partition coefficient (Wildman–Crippen LogP) is 1.04. The second-order valence-corrected chi connectivity index (χ2v) is 8.91. The summed E-state index contributed by atoms with van der Waals surface area (Å²) in [6, 6.07) is 2.30. The molecule has 2 aromatic rings. The van der Waals surface area contributed by atoms with Crippen LogP contribution < -0.4 is 15.5 Å². The molecule has 0 saturated carbocycles. The molecule has 14 heteroatoms. The highest BCUT2D eigenvalue weighted by atomic mass is 19.4. The number of carbonyl (C=O) groups excluding carboxylic acids is 1. The van der Waals surface area contributed by atoms with Gasteiger partial charge in [0.15, 0.2) is 6.10 Å². The lowest BCUT2D eigenvalue weighted by Gasteiger charge is -2.37. The molecule has 3 aliphatic heterocycles. The number of nitrogens with zero attached hydrogens (tertiary/aromatic N) is 6. The zero-order valence-corrected chi connectivity index (χ0v) is 20.1. The number of amides is 1. The summed E-state index contributed by atoms with van der Waals surface area (Å²) < 4.78 is 58.2. The van der Waals surface area contributed by atoms with E-state index in [0.717, 1.165) is 12.3 Å². The highest BCUT2D eigenvalue weighted by Crippen LogP contribution is 2.38. The summed E-state index contributed by atoms with van der Waals surface area (Å²) in [7, 11) is 0. The predicted molar refractivity (Wildman–Crippen MR) is 127 cm³/mol. The lowest BCUT2D eigenvalue weighted by atomic mass is 10.1. The molecule has 2 N–H and O–H groups in total. The summed E-state index contributed by atoms with van der Waals surface area (Å²) in [4.78, 5) is 31.5. The van der Waals surface area contributed by atoms with Crippen molar-refractivity contribution in [1.82, 2.24) is 19.9 Å². The lowest BCUT2D eigenvalue weighted by Crippen LogP contribution is -2.53. The van der Waals surface area contributed by atoms with Gasteiger partial charge >= 0.3 is 6.18 Å². The Morgan fingerprint density at radius 2 is 1.62 bits per heavy atom. The van der Waals surface area contributed by atoms with Crippen molar-refractivity contribution < 1.29 is 32.2 Å². The third kappa shape index (κ3) is 5.70. The van der Waals surface area contributed by atoms with Crippen molar-refractivity contribution in [3.8, 4) is 11.3 Å². The van der Waals surface area contributed by atoms with Crippen LogP contribution in [0, 0.1) is 0 Å². The van der Waals surface area contributed by atoms with Crippen LogP contribution in [0.4, 0.5) is 30.8 Å². The van der Waals surface area contributed by atoms with Crippen LogP contribution in [0.3, 0.4) is 0 Å². The van der Waals surface area contributed by atoms with Gasteiger partial charge in [0.25, 0.3) is 5.91 Å². The van der Waals surface area contributed by atoms with Crippen molar-refractivity contribution in [1.29, 1.82) is 0 Å². The van der Waals surface area contributed by atoms with Gasteiger partial charge in [-0.1, -0.05) is 0 Å². The molecular weight excluding hydrogens is 495 g/mol. The average molecular weight is 524 g/mol. The van der Waals surface area contributed by atoms with Crippen molar-refractivity contribution in [2.75, 3.05) is 87.8 Å². The smallest absolute Gasteiger partial charge is 0.384 e. The van der Waals surface area contributed by atoms with E-state index in [1.165, 1.54) is 6.07 Å². The van der Waals surface area contributed by atoms with Crippen molar-refractivity contribution in [3.05, 3.63) is 23.9 Å². The Hall–Kier alpha value is -3.23. The van der Waals surface area contributed by atoms with E-state index in [1.807, 2.05) is 9.80 Å². The van der Waals surface area contributed by atoms with Gasteiger partial charge in [-0.2, -0.15) is 18.2 Å². The Morgan fingerprint density at radius 3 is 2.32 bits per heavy atom. The van der Waals surface area contributed by atoms with Crippen LogP contribution in [0.15, 0.2) is 18.3 Å². The molecule has 37 heavy (non-hydrogen) atoms. The maximum Gasteiger partial charge on any atom is 0.417 e. The van der Waals surface area contributed by atoms with Gasteiger partial charge in [0.2, 0.25) is 5.95 Å². The van der Waals surface area contributed by atoms with E-state index in [0.29, 0.717) is 65.0 Å². The van der Waals surface area contributed by atoms with Crippen LogP contribution in [-0.4, -0.2) is 104 Å². The third-order valence-electron chi connectivity index (χ3n) is 6.49. The fourth-order valence-corrected chi connectivity index (χ4v) is 4.53. The number of aromatic nitrogens is 3. The lowest BCUT2D eigenvalue weighted by molar-refractivity contribution is -0.148. The normalized spacial score (nSPS) is 21.3. The Bertz CT molecular complexity index is 1120. The zero-order valence-electron chi connectivity index (χ0n) is 20.1. The van der Waals surface area contributed by atoms with Crippen molar-refractivity contribution >= 4 is 23.5 Å². The van der Waals surface area contributed by atoms with E-state index in [9.17, 15) is 18.0 Å². The number of nitrogens with two attached hydrogens (primary N) is 1. The monoisotopic (exact) mass is 523 g/mol. The molecule has 3 fully saturated rings. The molecule has 0 spiro atoms. The SMILES string of the molecule is Nc1cc(C(F)(F)F)c(-c2cc(N3CCOC(C(=O)N4CCOCC4)C3)nc(N3CCOCC3)n2)cn1. The summed E-state index contributed by atoms with van der Waals surface area (Å²) >= 11 is 0. The summed E-state index contributed by atoms with van der Waals surface area (Å²) in [5.41, 5.74) is 4.50. The molecule has 5 heterocycles. The van der Waals surface area contributed by atoms with Crippen LogP contribution >= 0.6 is 0 Å². The molecule has 3 aliphatic rings. The van der Waals surface area contributed by atoms with Gasteiger partial charge < -0.3 is 34.6 Å². The molecule has 0 aliphatic carbocycles. The molecular formula is C23H28F3N7O4. The molecule has 0 radical (unpaired) electrons. The highest BCUT2D eigenvalue weighted by Gasteiger charge is 2.36. The first-order valence-corrected chi connectivity index (χ1v) is 12.1. The van der Waals surface area contributed by atoms with Crippen LogP contribution in [-0.2, 0) is 25.2 Å². The van der Waals surface area contributed by atoms with Crippen LogP contribution in [0.25, 0.3) is 11.3 Å². The average Bonchev–Trinajstić information content (AvgIpc) is 2.93. The fraction of sp³-hybridized carbons (Fsp3) is 0.565. The Balaban J connectivity index is 1.50. The van der Waals surface area contributed by atoms with E-state index in [-0.39, 0.29) is 42.1 Å². The number of anilines is 3. The second-order valence-electron chi connectivity index (χ2n) is 8.91. The number of nitrogen functional groups attached to an aromatic ring is 1. The summed E-state index contributed by atoms with van der Waals surface area (Å²) in [6.45, 7) is 4.70. The van der Waals surface area contributed by atoms with Gasteiger partial charge in [0.05, 0.1) is 50.8 Å². The van der Waals surface area contributed by atoms with Gasteiger partial charge in [0.1, 0.15) is 11.6 Å². The summed E-state index contributed by atoms with van der Waals surface area (Å²) in [5.74, 6) is 0.303. The Labute approximate surface area is 211 Å². The molecule has 200 valence electrons. The minimum Gasteiger partial charge on any atom is -0.384 e. The van der Waals surface area contributed by atoms with Crippen molar-refractivity contribution in [2.24, 2.45) is 0 Å². The Kier molecular flexibility index (Phi) is 7.31. The van der Waals surface area contributed by atoms with Gasteiger partial charge in [-0.15, -0.1) is 0 Å². The number of morpholine rings is 3. The van der Waals surface area contributed by atoms with E-state index in [4.69, 9.17) is 19.9 Å². The number of halogens is 3. The quantitative estimate of drug-likeness (QED) is 0.623. The second kappa shape index (κ2) is 10.6. The fourth-order valence-electron chi connectivity index (χ4n) is 4.53. The number of carbonyl (C=O) groups is 1. The molecule has 0 aromatic carbocycles. The molecule has 5 rings (SSSR count). The van der Waals surface area contributed by atoms with Crippen molar-refractivity contribution in [3.63, 3.8) is 0 Å². The van der Waals surface area contributed by atoms with Crippen molar-refractivity contribution in [2.45, 2.75) is 12.3 Å². The zero-order chi connectivity index (χ0) is 26.0. The third-order valence-corrected chi connectivity index (χ3v) is 6.49. The number of alkyl halides is 3. The highest BCUT2D eigenvalue weighted by molar-refractivity contribution is 5.82. The van der Waals surface area contributed by atoms with E-state index >= 15 is 0 Å². The minimum atomic E-state index is -4.66. The standard InChI is InChI=1S/C23H28F3N7O4/c24-23(25,26)16-11-19(27)28-13-15(16)17-12-20(30-22(29-17)32-3-8-36-9-4-32)33-5-10-37-18(14-33)21(34)31-1-6-35-7-2-31/h11-13,18H,1-10,14H2,(H2,27,28). The van der Waals surface area contributed by atoms with Crippen LogP contribution in [0.1, 0.15) is 5.56 Å². The summed E-state index contributed by atoms with van der Waals surface area (Å²) in [5, 5.41) is 0. The number of rotatable bonds is 4. The molecule has 1 amide bonds. The summed E-state index contributed by atoms with van der Waals surface area (Å²) in [6.07, 6.45) is -4.30. The van der Waals surface area contributed by atoms with Gasteiger partial charge in [-0.05, 0) is 6.07 Å². The van der Waals surface area contributed by atoms with Crippen LogP contribution in [0.5, 0.6) is 0 Å². The topological polar surface area (TPSA) is 119 Å². The molecule has 0 bridgehead atoms. The van der Waals surface area contributed by atoms with Crippen LogP contribution in [0.2, 0.25) is 0 Å². The maximum atomic E-state index is 13.9. The first-order chi connectivity index (χ1) is 17.8. The first kappa shape index (κ1) is 25.4. The van der Waals surface area contributed by atoms with E-state index < -0.39 is 17.8 Å². The number of hydrogen-bond donors (Lipinski definition) is 1. The van der Waals surface area contributed by atoms with E-state index in [1.54, 1.807) is 4.90 Å². The molecule has 3 saturated heterocycles.